The third-order valence-electron chi connectivity index (χ3n) is 2.82. The Balaban J connectivity index is 2.20. The molecular formula is C11H16ClN3O2. The van der Waals surface area contributed by atoms with Gasteiger partial charge in [-0.15, -0.1) is 0 Å². The van der Waals surface area contributed by atoms with E-state index in [2.05, 4.69) is 22.2 Å². The monoisotopic (exact) mass is 257 g/mol. The highest BCUT2D eigenvalue weighted by Crippen LogP contribution is 2.32. The van der Waals surface area contributed by atoms with Gasteiger partial charge in [-0.2, -0.15) is 0 Å². The fourth-order valence-electron chi connectivity index (χ4n) is 1.94. The molecule has 0 aromatic carbocycles. The largest absolute Gasteiger partial charge is 0.490 e. The molecule has 1 aromatic rings. The molecule has 1 N–H and O–H groups in total. The summed E-state index contributed by atoms with van der Waals surface area (Å²) in [6.45, 7) is 3.57. The Hall–Kier alpha value is -1.07. The highest BCUT2D eigenvalue weighted by atomic mass is 35.5. The summed E-state index contributed by atoms with van der Waals surface area (Å²) in [5.74, 6) is 1.08. The summed E-state index contributed by atoms with van der Waals surface area (Å²) in [4.78, 5) is 8.05. The van der Waals surface area contributed by atoms with Gasteiger partial charge in [-0.05, 0) is 19.8 Å². The van der Waals surface area contributed by atoms with Crippen LogP contribution < -0.4 is 10.1 Å². The standard InChI is InChI=1S/C11H16ClN3O2/c1-11(4-3-5-17-6-11)15-10-8(16-2)9(12)13-7-14-10/h7H,3-6H2,1-2H3,(H,13,14,15). The van der Waals surface area contributed by atoms with Gasteiger partial charge in [-0.3, -0.25) is 0 Å². The van der Waals surface area contributed by atoms with E-state index in [9.17, 15) is 0 Å². The smallest absolute Gasteiger partial charge is 0.198 e. The van der Waals surface area contributed by atoms with Crippen LogP contribution in [0, 0.1) is 0 Å². The SMILES string of the molecule is COc1c(Cl)ncnc1NC1(C)CCCOC1. The van der Waals surface area contributed by atoms with Crippen molar-refractivity contribution < 1.29 is 9.47 Å². The first-order valence-electron chi connectivity index (χ1n) is 5.55. The lowest BCUT2D eigenvalue weighted by molar-refractivity contribution is 0.0538. The average Bonchev–Trinajstić information content (AvgIpc) is 2.30. The summed E-state index contributed by atoms with van der Waals surface area (Å²) in [7, 11) is 1.55. The van der Waals surface area contributed by atoms with E-state index in [1.165, 1.54) is 6.33 Å². The minimum Gasteiger partial charge on any atom is -0.490 e. The van der Waals surface area contributed by atoms with E-state index in [0.717, 1.165) is 19.4 Å². The van der Waals surface area contributed by atoms with Gasteiger partial charge < -0.3 is 14.8 Å². The Morgan fingerprint density at radius 2 is 2.35 bits per heavy atom. The van der Waals surface area contributed by atoms with E-state index in [0.29, 0.717) is 23.3 Å². The Morgan fingerprint density at radius 3 is 3.00 bits per heavy atom. The first-order chi connectivity index (χ1) is 8.14. The normalized spacial score (nSPS) is 24.4. The summed E-state index contributed by atoms with van der Waals surface area (Å²) >= 11 is 5.95. The van der Waals surface area contributed by atoms with Gasteiger partial charge in [0.25, 0.3) is 0 Å². The third kappa shape index (κ3) is 2.79. The van der Waals surface area contributed by atoms with Crippen molar-refractivity contribution in [3.05, 3.63) is 11.5 Å². The van der Waals surface area contributed by atoms with E-state index in [4.69, 9.17) is 21.1 Å². The third-order valence-corrected chi connectivity index (χ3v) is 3.09. The zero-order chi connectivity index (χ0) is 12.3. The number of ether oxygens (including phenoxy) is 2. The predicted molar refractivity (Wildman–Crippen MR) is 65.7 cm³/mol. The van der Waals surface area contributed by atoms with Crippen LogP contribution in [0.25, 0.3) is 0 Å². The topological polar surface area (TPSA) is 56.3 Å². The van der Waals surface area contributed by atoms with Gasteiger partial charge in [-0.25, -0.2) is 9.97 Å². The van der Waals surface area contributed by atoms with E-state index in [-0.39, 0.29) is 5.54 Å². The number of rotatable bonds is 3. The molecule has 2 heterocycles. The van der Waals surface area contributed by atoms with Crippen molar-refractivity contribution in [3.63, 3.8) is 0 Å². The molecule has 1 atom stereocenters. The van der Waals surface area contributed by atoms with Crippen LogP contribution in [0.4, 0.5) is 5.82 Å². The van der Waals surface area contributed by atoms with Gasteiger partial charge in [0, 0.05) is 6.61 Å². The van der Waals surface area contributed by atoms with Gasteiger partial charge in [0.1, 0.15) is 6.33 Å². The minimum atomic E-state index is -0.136. The number of aromatic nitrogens is 2. The van der Waals surface area contributed by atoms with E-state index in [1.807, 2.05) is 0 Å². The molecule has 0 radical (unpaired) electrons. The van der Waals surface area contributed by atoms with Crippen molar-refractivity contribution in [2.45, 2.75) is 25.3 Å². The number of methoxy groups -OCH3 is 1. The second-order valence-electron chi connectivity index (χ2n) is 4.39. The average molecular weight is 258 g/mol. The molecule has 1 aliphatic heterocycles. The molecule has 0 aliphatic carbocycles. The highest BCUT2D eigenvalue weighted by Gasteiger charge is 2.29. The maximum atomic E-state index is 5.95. The van der Waals surface area contributed by atoms with Crippen LogP contribution >= 0.6 is 11.6 Å². The van der Waals surface area contributed by atoms with Crippen LogP contribution in [-0.4, -0.2) is 35.8 Å². The fraction of sp³-hybridized carbons (Fsp3) is 0.636. The molecule has 17 heavy (non-hydrogen) atoms. The second-order valence-corrected chi connectivity index (χ2v) is 4.75. The Bertz CT molecular complexity index is 394. The summed E-state index contributed by atoms with van der Waals surface area (Å²) in [6.07, 6.45) is 3.47. The lowest BCUT2D eigenvalue weighted by atomic mass is 9.95. The van der Waals surface area contributed by atoms with E-state index >= 15 is 0 Å². The summed E-state index contributed by atoms with van der Waals surface area (Å²) < 4.78 is 10.7. The summed E-state index contributed by atoms with van der Waals surface area (Å²) in [6, 6.07) is 0. The molecular weight excluding hydrogens is 242 g/mol. The van der Waals surface area contributed by atoms with Crippen molar-refractivity contribution in [2.24, 2.45) is 0 Å². The predicted octanol–water partition coefficient (Wildman–Crippen LogP) is 2.12. The second kappa shape index (κ2) is 5.06. The minimum absolute atomic E-state index is 0.136. The Morgan fingerprint density at radius 1 is 1.53 bits per heavy atom. The number of halogens is 1. The quantitative estimate of drug-likeness (QED) is 0.841. The molecule has 0 bridgehead atoms. The first-order valence-corrected chi connectivity index (χ1v) is 5.93. The van der Waals surface area contributed by atoms with Crippen LogP contribution in [0.5, 0.6) is 5.75 Å². The maximum absolute atomic E-state index is 5.95. The molecule has 5 nitrogen and oxygen atoms in total. The Kier molecular flexibility index (Phi) is 3.69. The zero-order valence-electron chi connectivity index (χ0n) is 9.99. The molecule has 1 aromatic heterocycles. The van der Waals surface area contributed by atoms with E-state index in [1.54, 1.807) is 7.11 Å². The number of anilines is 1. The van der Waals surface area contributed by atoms with Crippen molar-refractivity contribution in [2.75, 3.05) is 25.6 Å². The van der Waals surface area contributed by atoms with Crippen LogP contribution in [0.2, 0.25) is 5.15 Å². The molecule has 2 rings (SSSR count). The summed E-state index contributed by atoms with van der Waals surface area (Å²) in [5, 5.41) is 3.64. The van der Waals surface area contributed by atoms with Gasteiger partial charge in [-0.1, -0.05) is 11.6 Å². The summed E-state index contributed by atoms with van der Waals surface area (Å²) in [5.41, 5.74) is -0.136. The number of nitrogens with one attached hydrogen (secondary N) is 1. The van der Waals surface area contributed by atoms with Crippen LogP contribution in [-0.2, 0) is 4.74 Å². The molecule has 0 spiro atoms. The van der Waals surface area contributed by atoms with Crippen molar-refractivity contribution in [3.8, 4) is 5.75 Å². The maximum Gasteiger partial charge on any atom is 0.198 e. The molecule has 1 saturated heterocycles. The number of nitrogens with zero attached hydrogens (tertiary/aromatic N) is 2. The fourth-order valence-corrected chi connectivity index (χ4v) is 2.15. The van der Waals surface area contributed by atoms with Crippen LogP contribution in [0.1, 0.15) is 19.8 Å². The van der Waals surface area contributed by atoms with Crippen LogP contribution in [0.3, 0.4) is 0 Å². The van der Waals surface area contributed by atoms with Crippen molar-refractivity contribution in [1.29, 1.82) is 0 Å². The van der Waals surface area contributed by atoms with Crippen LogP contribution in [0.15, 0.2) is 6.33 Å². The molecule has 1 fully saturated rings. The van der Waals surface area contributed by atoms with Gasteiger partial charge >= 0.3 is 0 Å². The molecule has 0 amide bonds. The van der Waals surface area contributed by atoms with Crippen molar-refractivity contribution in [1.82, 2.24) is 9.97 Å². The van der Waals surface area contributed by atoms with Crippen molar-refractivity contribution >= 4 is 17.4 Å². The van der Waals surface area contributed by atoms with Gasteiger partial charge in [0.05, 0.1) is 19.3 Å². The molecule has 0 saturated carbocycles. The molecule has 1 aliphatic rings. The van der Waals surface area contributed by atoms with Gasteiger partial charge in [0.2, 0.25) is 0 Å². The molecule has 1 unspecified atom stereocenters. The van der Waals surface area contributed by atoms with Gasteiger partial charge in [0.15, 0.2) is 16.7 Å². The Labute approximate surface area is 105 Å². The highest BCUT2D eigenvalue weighted by molar-refractivity contribution is 6.31. The first kappa shape index (κ1) is 12.4. The molecule has 94 valence electrons. The number of hydrogen-bond donors (Lipinski definition) is 1. The van der Waals surface area contributed by atoms with E-state index < -0.39 is 0 Å². The number of hydrogen-bond acceptors (Lipinski definition) is 5. The molecule has 6 heteroatoms. The lowest BCUT2D eigenvalue weighted by Crippen LogP contribution is -2.43. The lowest BCUT2D eigenvalue weighted by Gasteiger charge is -2.35. The zero-order valence-corrected chi connectivity index (χ0v) is 10.8.